The van der Waals surface area contributed by atoms with E-state index in [1.807, 2.05) is 24.3 Å². The number of carbonyl (C=O) groups excluding carboxylic acids is 1. The van der Waals surface area contributed by atoms with Gasteiger partial charge in [-0.3, -0.25) is 4.79 Å². The molecule has 26 heavy (non-hydrogen) atoms. The molecule has 5 nitrogen and oxygen atoms in total. The van der Waals surface area contributed by atoms with E-state index < -0.39 is 0 Å². The number of amides is 1. The number of nitrogens with one attached hydrogen (secondary N) is 1. The molecule has 1 aromatic heterocycles. The zero-order valence-corrected chi connectivity index (χ0v) is 15.2. The highest BCUT2D eigenvalue weighted by atomic mass is 35.5. The summed E-state index contributed by atoms with van der Waals surface area (Å²) in [5, 5.41) is 11.6. The lowest BCUT2D eigenvalue weighted by Gasteiger charge is -2.04. The second kappa shape index (κ2) is 8.82. The lowest BCUT2D eigenvalue weighted by atomic mass is 10.1. The third-order valence-electron chi connectivity index (χ3n) is 3.47. The fourth-order valence-corrected chi connectivity index (χ4v) is 2.87. The summed E-state index contributed by atoms with van der Waals surface area (Å²) in [5.74, 6) is 0.00495. The molecule has 1 heterocycles. The molecule has 1 amide bonds. The Kier molecular flexibility index (Phi) is 6.25. The van der Waals surface area contributed by atoms with Crippen LogP contribution in [0.15, 0.2) is 58.2 Å². The smallest absolute Gasteiger partial charge is 0.277 e. The molecule has 0 aliphatic heterocycles. The summed E-state index contributed by atoms with van der Waals surface area (Å²) in [4.78, 5) is 11.9. The molecule has 0 saturated carbocycles. The summed E-state index contributed by atoms with van der Waals surface area (Å²) >= 11 is 6.99. The maximum atomic E-state index is 12.9. The van der Waals surface area contributed by atoms with Crippen molar-refractivity contribution in [1.82, 2.24) is 15.5 Å². The van der Waals surface area contributed by atoms with Gasteiger partial charge in [0.2, 0.25) is 11.8 Å². The first-order chi connectivity index (χ1) is 12.6. The Bertz CT molecular complexity index is 869. The van der Waals surface area contributed by atoms with Crippen molar-refractivity contribution in [3.8, 4) is 11.5 Å². The minimum Gasteiger partial charge on any atom is -0.411 e. The van der Waals surface area contributed by atoms with Crippen molar-refractivity contribution in [2.75, 3.05) is 12.3 Å². The van der Waals surface area contributed by atoms with Crippen molar-refractivity contribution in [2.24, 2.45) is 0 Å². The van der Waals surface area contributed by atoms with Crippen molar-refractivity contribution in [1.29, 1.82) is 0 Å². The van der Waals surface area contributed by atoms with E-state index in [-0.39, 0.29) is 28.6 Å². The fourth-order valence-electron chi connectivity index (χ4n) is 2.15. The zero-order valence-electron chi connectivity index (χ0n) is 13.6. The van der Waals surface area contributed by atoms with Gasteiger partial charge in [-0.1, -0.05) is 35.5 Å². The van der Waals surface area contributed by atoms with Gasteiger partial charge < -0.3 is 9.73 Å². The SMILES string of the molecule is O=C(CSc1nnc(-c2ccc(F)cc2)o1)NCCc1ccc(Cl)cc1. The van der Waals surface area contributed by atoms with E-state index in [1.165, 1.54) is 12.1 Å². The molecule has 2 aromatic carbocycles. The van der Waals surface area contributed by atoms with Crippen LogP contribution in [0.3, 0.4) is 0 Å². The van der Waals surface area contributed by atoms with Crippen LogP contribution in [0.2, 0.25) is 5.02 Å². The van der Waals surface area contributed by atoms with Crippen molar-refractivity contribution in [3.63, 3.8) is 0 Å². The Morgan fingerprint density at radius 2 is 1.85 bits per heavy atom. The summed E-state index contributed by atoms with van der Waals surface area (Å²) in [6.45, 7) is 0.533. The number of rotatable bonds is 7. The summed E-state index contributed by atoms with van der Waals surface area (Å²) in [6, 6.07) is 13.3. The van der Waals surface area contributed by atoms with Crippen LogP contribution in [0.4, 0.5) is 4.39 Å². The third kappa shape index (κ3) is 5.31. The number of nitrogens with zero attached hydrogens (tertiary/aromatic N) is 2. The highest BCUT2D eigenvalue weighted by Crippen LogP contribution is 2.23. The van der Waals surface area contributed by atoms with E-state index in [2.05, 4.69) is 15.5 Å². The van der Waals surface area contributed by atoms with Crippen LogP contribution in [0.25, 0.3) is 11.5 Å². The van der Waals surface area contributed by atoms with Gasteiger partial charge in [-0.25, -0.2) is 4.39 Å². The number of aromatic nitrogens is 2. The second-order valence-electron chi connectivity index (χ2n) is 5.40. The molecule has 0 atom stereocenters. The lowest BCUT2D eigenvalue weighted by Crippen LogP contribution is -2.27. The molecular formula is C18H15ClFN3O2S. The molecule has 0 radical (unpaired) electrons. The highest BCUT2D eigenvalue weighted by Gasteiger charge is 2.11. The quantitative estimate of drug-likeness (QED) is 0.617. The van der Waals surface area contributed by atoms with Crippen molar-refractivity contribution in [3.05, 3.63) is 64.9 Å². The largest absolute Gasteiger partial charge is 0.411 e. The first-order valence-corrected chi connectivity index (χ1v) is 9.20. The normalized spacial score (nSPS) is 10.7. The van der Waals surface area contributed by atoms with E-state index >= 15 is 0 Å². The molecule has 0 saturated heterocycles. The third-order valence-corrected chi connectivity index (χ3v) is 4.54. The van der Waals surface area contributed by atoms with Crippen LogP contribution in [-0.2, 0) is 11.2 Å². The fraction of sp³-hybridized carbons (Fsp3) is 0.167. The molecule has 0 aliphatic carbocycles. The van der Waals surface area contributed by atoms with E-state index in [0.29, 0.717) is 17.1 Å². The van der Waals surface area contributed by atoms with Gasteiger partial charge in [0.15, 0.2) is 0 Å². The molecular weight excluding hydrogens is 377 g/mol. The van der Waals surface area contributed by atoms with E-state index in [0.717, 1.165) is 23.7 Å². The number of benzene rings is 2. The Balaban J connectivity index is 1.43. The van der Waals surface area contributed by atoms with E-state index in [9.17, 15) is 9.18 Å². The van der Waals surface area contributed by atoms with Crippen LogP contribution in [0.1, 0.15) is 5.56 Å². The molecule has 0 spiro atoms. The van der Waals surface area contributed by atoms with Gasteiger partial charge in [0.05, 0.1) is 5.75 Å². The van der Waals surface area contributed by atoms with Gasteiger partial charge in [-0.2, -0.15) is 0 Å². The Hall–Kier alpha value is -2.38. The summed E-state index contributed by atoms with van der Waals surface area (Å²) in [6.07, 6.45) is 0.725. The zero-order chi connectivity index (χ0) is 18.4. The molecule has 3 rings (SSSR count). The molecule has 3 aromatic rings. The first kappa shape index (κ1) is 18.4. The van der Waals surface area contributed by atoms with Crippen LogP contribution in [-0.4, -0.2) is 28.4 Å². The molecule has 0 bridgehead atoms. The number of hydrogen-bond donors (Lipinski definition) is 1. The van der Waals surface area contributed by atoms with E-state index in [1.54, 1.807) is 12.1 Å². The average Bonchev–Trinajstić information content (AvgIpc) is 3.11. The second-order valence-corrected chi connectivity index (χ2v) is 6.76. The predicted octanol–water partition coefficient (Wildman–Crippen LogP) is 3.98. The molecule has 0 aliphatic rings. The molecule has 134 valence electrons. The van der Waals surface area contributed by atoms with E-state index in [4.69, 9.17) is 16.0 Å². The van der Waals surface area contributed by atoms with Gasteiger partial charge >= 0.3 is 0 Å². The van der Waals surface area contributed by atoms with Gasteiger partial charge in [-0.05, 0) is 48.4 Å². The summed E-state index contributed by atoms with van der Waals surface area (Å²) in [7, 11) is 0. The van der Waals surface area contributed by atoms with Gasteiger partial charge in [0.1, 0.15) is 5.82 Å². The Labute approximate surface area is 159 Å². The predicted molar refractivity (Wildman–Crippen MR) is 98.6 cm³/mol. The molecule has 0 fully saturated rings. The average molecular weight is 392 g/mol. The minimum absolute atomic E-state index is 0.120. The number of halogens is 2. The minimum atomic E-state index is -0.335. The first-order valence-electron chi connectivity index (χ1n) is 7.83. The van der Waals surface area contributed by atoms with Crippen LogP contribution in [0.5, 0.6) is 0 Å². The topological polar surface area (TPSA) is 68.0 Å². The van der Waals surface area contributed by atoms with Gasteiger partial charge in [0, 0.05) is 17.1 Å². The summed E-state index contributed by atoms with van der Waals surface area (Å²) < 4.78 is 18.4. The van der Waals surface area contributed by atoms with Crippen molar-refractivity contribution < 1.29 is 13.6 Å². The molecule has 8 heteroatoms. The number of carbonyl (C=O) groups is 1. The standard InChI is InChI=1S/C18H15ClFN3O2S/c19-14-5-1-12(2-6-14)9-10-21-16(24)11-26-18-23-22-17(25-18)13-3-7-15(20)8-4-13/h1-8H,9-11H2,(H,21,24). The van der Waals surface area contributed by atoms with Gasteiger partial charge in [-0.15, -0.1) is 10.2 Å². The monoisotopic (exact) mass is 391 g/mol. The molecule has 1 N–H and O–H groups in total. The highest BCUT2D eigenvalue weighted by molar-refractivity contribution is 7.99. The lowest BCUT2D eigenvalue weighted by molar-refractivity contribution is -0.118. The van der Waals surface area contributed by atoms with Crippen LogP contribution in [0, 0.1) is 5.82 Å². The maximum absolute atomic E-state index is 12.9. The summed E-state index contributed by atoms with van der Waals surface area (Å²) in [5.41, 5.74) is 1.72. The Morgan fingerprint density at radius 1 is 1.12 bits per heavy atom. The Morgan fingerprint density at radius 3 is 2.58 bits per heavy atom. The maximum Gasteiger partial charge on any atom is 0.277 e. The number of hydrogen-bond acceptors (Lipinski definition) is 5. The van der Waals surface area contributed by atoms with Crippen molar-refractivity contribution in [2.45, 2.75) is 11.6 Å². The van der Waals surface area contributed by atoms with Gasteiger partial charge in [0.25, 0.3) is 5.22 Å². The van der Waals surface area contributed by atoms with Crippen molar-refractivity contribution >= 4 is 29.3 Å². The molecule has 0 unspecified atom stereocenters. The van der Waals surface area contributed by atoms with Crippen LogP contribution < -0.4 is 5.32 Å². The number of thioether (sulfide) groups is 1. The van der Waals surface area contributed by atoms with Crippen LogP contribution >= 0.6 is 23.4 Å².